The Balaban J connectivity index is 1.78. The number of ether oxygens (including phenoxy) is 1. The minimum absolute atomic E-state index is 0.0102. The summed E-state index contributed by atoms with van der Waals surface area (Å²) in [5.74, 6) is 0.167. The lowest BCUT2D eigenvalue weighted by atomic mass is 9.96. The van der Waals surface area contributed by atoms with E-state index in [-0.39, 0.29) is 11.5 Å². The predicted octanol–water partition coefficient (Wildman–Crippen LogP) is 3.32. The molecule has 5 nitrogen and oxygen atoms in total. The van der Waals surface area contributed by atoms with Crippen LogP contribution < -0.4 is 0 Å². The molecular formula is C17H17NO4. The second kappa shape index (κ2) is 6.13. The van der Waals surface area contributed by atoms with Crippen molar-refractivity contribution in [2.45, 2.75) is 38.7 Å². The minimum Gasteiger partial charge on any atom is -0.450 e. The monoisotopic (exact) mass is 299 g/mol. The van der Waals surface area contributed by atoms with E-state index in [0.29, 0.717) is 24.5 Å². The number of rotatable bonds is 3. The summed E-state index contributed by atoms with van der Waals surface area (Å²) in [5, 5.41) is 0. The molecule has 1 aromatic carbocycles. The van der Waals surface area contributed by atoms with E-state index in [2.05, 4.69) is 4.98 Å². The van der Waals surface area contributed by atoms with E-state index in [1.807, 2.05) is 30.3 Å². The Morgan fingerprint density at radius 1 is 1.27 bits per heavy atom. The predicted molar refractivity (Wildman–Crippen MR) is 79.4 cm³/mol. The molecule has 5 heteroatoms. The fourth-order valence-corrected chi connectivity index (χ4v) is 2.55. The molecule has 1 aliphatic rings. The van der Waals surface area contributed by atoms with Crippen LogP contribution in [0, 0.1) is 6.92 Å². The van der Waals surface area contributed by atoms with Gasteiger partial charge in [0.2, 0.25) is 5.89 Å². The molecule has 3 rings (SSSR count). The molecule has 0 bridgehead atoms. The second-order valence-electron chi connectivity index (χ2n) is 5.40. The summed E-state index contributed by atoms with van der Waals surface area (Å²) in [6.45, 7) is 1.67. The first-order valence-electron chi connectivity index (χ1n) is 7.41. The summed E-state index contributed by atoms with van der Waals surface area (Å²) in [4.78, 5) is 28.2. The van der Waals surface area contributed by atoms with E-state index in [1.54, 1.807) is 6.92 Å². The van der Waals surface area contributed by atoms with E-state index >= 15 is 0 Å². The lowest BCUT2D eigenvalue weighted by molar-refractivity contribution is -0.129. The average molecular weight is 299 g/mol. The SMILES string of the molecule is Cc1oc(-c2ccccc2)nc1C(=O)O[C@H]1CCCCC1=O. The number of benzene rings is 1. The van der Waals surface area contributed by atoms with Crippen LogP contribution in [0.15, 0.2) is 34.7 Å². The van der Waals surface area contributed by atoms with Crippen molar-refractivity contribution < 1.29 is 18.7 Å². The molecule has 0 unspecified atom stereocenters. The van der Waals surface area contributed by atoms with Gasteiger partial charge in [0.05, 0.1) is 0 Å². The first-order valence-corrected chi connectivity index (χ1v) is 7.41. The molecule has 0 radical (unpaired) electrons. The molecule has 22 heavy (non-hydrogen) atoms. The van der Waals surface area contributed by atoms with Crippen molar-refractivity contribution in [3.05, 3.63) is 41.8 Å². The molecule has 0 N–H and O–H groups in total. The van der Waals surface area contributed by atoms with Crippen molar-refractivity contribution in [2.24, 2.45) is 0 Å². The van der Waals surface area contributed by atoms with Crippen LogP contribution in [-0.2, 0) is 9.53 Å². The number of carbonyl (C=O) groups is 2. The van der Waals surface area contributed by atoms with Gasteiger partial charge < -0.3 is 9.15 Å². The zero-order valence-corrected chi connectivity index (χ0v) is 12.4. The van der Waals surface area contributed by atoms with Gasteiger partial charge in [0, 0.05) is 12.0 Å². The second-order valence-corrected chi connectivity index (χ2v) is 5.40. The van der Waals surface area contributed by atoms with E-state index in [0.717, 1.165) is 18.4 Å². The third-order valence-electron chi connectivity index (χ3n) is 3.76. The quantitative estimate of drug-likeness (QED) is 0.813. The molecule has 1 heterocycles. The highest BCUT2D eigenvalue weighted by Gasteiger charge is 2.28. The number of aromatic nitrogens is 1. The number of aryl methyl sites for hydroxylation is 1. The summed E-state index contributed by atoms with van der Waals surface area (Å²) in [6.07, 6.45) is 2.19. The molecule has 0 saturated heterocycles. The Morgan fingerprint density at radius 3 is 2.77 bits per heavy atom. The van der Waals surface area contributed by atoms with Gasteiger partial charge in [0.1, 0.15) is 5.76 Å². The van der Waals surface area contributed by atoms with Gasteiger partial charge in [-0.05, 0) is 38.3 Å². The number of carbonyl (C=O) groups excluding carboxylic acids is 2. The van der Waals surface area contributed by atoms with Gasteiger partial charge in [0.25, 0.3) is 0 Å². The maximum absolute atomic E-state index is 12.2. The molecule has 1 aromatic heterocycles. The Hall–Kier alpha value is -2.43. The summed E-state index contributed by atoms with van der Waals surface area (Å²) >= 11 is 0. The smallest absolute Gasteiger partial charge is 0.361 e. The summed E-state index contributed by atoms with van der Waals surface area (Å²) in [6, 6.07) is 9.33. The van der Waals surface area contributed by atoms with Crippen LogP contribution in [0.1, 0.15) is 41.9 Å². The van der Waals surface area contributed by atoms with Crippen molar-refractivity contribution in [3.63, 3.8) is 0 Å². The molecule has 1 fully saturated rings. The van der Waals surface area contributed by atoms with Crippen LogP contribution in [0.5, 0.6) is 0 Å². The number of hydrogen-bond donors (Lipinski definition) is 0. The first-order chi connectivity index (χ1) is 10.6. The fraction of sp³-hybridized carbons (Fsp3) is 0.353. The van der Waals surface area contributed by atoms with E-state index in [4.69, 9.17) is 9.15 Å². The number of nitrogens with zero attached hydrogens (tertiary/aromatic N) is 1. The fourth-order valence-electron chi connectivity index (χ4n) is 2.55. The number of esters is 1. The molecule has 1 atom stereocenters. The van der Waals surface area contributed by atoms with Gasteiger partial charge in [0.15, 0.2) is 17.6 Å². The van der Waals surface area contributed by atoms with Gasteiger partial charge in [-0.3, -0.25) is 4.79 Å². The lowest BCUT2D eigenvalue weighted by Crippen LogP contribution is -2.30. The van der Waals surface area contributed by atoms with Crippen molar-refractivity contribution in [2.75, 3.05) is 0 Å². The molecule has 1 aliphatic carbocycles. The first kappa shape index (κ1) is 14.5. The lowest BCUT2D eigenvalue weighted by Gasteiger charge is -2.20. The van der Waals surface area contributed by atoms with Crippen molar-refractivity contribution in [1.82, 2.24) is 4.98 Å². The topological polar surface area (TPSA) is 69.4 Å². The Bertz CT molecular complexity index is 690. The maximum Gasteiger partial charge on any atom is 0.361 e. The molecule has 114 valence electrons. The van der Waals surface area contributed by atoms with Crippen LogP contribution in [0.2, 0.25) is 0 Å². The van der Waals surface area contributed by atoms with Crippen LogP contribution >= 0.6 is 0 Å². The number of oxazole rings is 1. The highest BCUT2D eigenvalue weighted by Crippen LogP contribution is 2.23. The van der Waals surface area contributed by atoms with Gasteiger partial charge in [-0.1, -0.05) is 18.2 Å². The van der Waals surface area contributed by atoms with Crippen molar-refractivity contribution in [1.29, 1.82) is 0 Å². The molecular weight excluding hydrogens is 282 g/mol. The van der Waals surface area contributed by atoms with Gasteiger partial charge in [-0.2, -0.15) is 0 Å². The summed E-state index contributed by atoms with van der Waals surface area (Å²) < 4.78 is 10.8. The molecule has 0 spiro atoms. The van der Waals surface area contributed by atoms with Crippen molar-refractivity contribution >= 4 is 11.8 Å². The zero-order chi connectivity index (χ0) is 15.5. The molecule has 0 amide bonds. The number of hydrogen-bond acceptors (Lipinski definition) is 5. The zero-order valence-electron chi connectivity index (χ0n) is 12.4. The standard InChI is InChI=1S/C17H17NO4/c1-11-15(17(20)22-14-10-6-5-9-13(14)19)18-16(21-11)12-7-3-2-4-8-12/h2-4,7-8,14H,5-6,9-10H2,1H3/t14-/m0/s1. The van der Waals surface area contributed by atoms with Crippen molar-refractivity contribution in [3.8, 4) is 11.5 Å². The van der Waals surface area contributed by atoms with E-state index < -0.39 is 12.1 Å². The van der Waals surface area contributed by atoms with Gasteiger partial charge in [-0.15, -0.1) is 0 Å². The maximum atomic E-state index is 12.2. The van der Waals surface area contributed by atoms with E-state index in [9.17, 15) is 9.59 Å². The third kappa shape index (κ3) is 2.93. The third-order valence-corrected chi connectivity index (χ3v) is 3.76. The molecule has 0 aliphatic heterocycles. The largest absolute Gasteiger partial charge is 0.450 e. The van der Waals surface area contributed by atoms with Gasteiger partial charge in [-0.25, -0.2) is 9.78 Å². The van der Waals surface area contributed by atoms with Gasteiger partial charge >= 0.3 is 5.97 Å². The highest BCUT2D eigenvalue weighted by atomic mass is 16.5. The minimum atomic E-state index is -0.641. The number of Topliss-reactive ketones (excluding diaryl/α,β-unsaturated/α-hetero) is 1. The Kier molecular flexibility index (Phi) is 4.04. The molecule has 2 aromatic rings. The summed E-state index contributed by atoms with van der Waals surface area (Å²) in [7, 11) is 0. The Labute approximate surface area is 128 Å². The van der Waals surface area contributed by atoms with E-state index in [1.165, 1.54) is 0 Å². The Morgan fingerprint density at radius 2 is 2.05 bits per heavy atom. The summed E-state index contributed by atoms with van der Waals surface area (Å²) in [5.41, 5.74) is 0.926. The average Bonchev–Trinajstić information content (AvgIpc) is 2.92. The van der Waals surface area contributed by atoms with Crippen LogP contribution in [-0.4, -0.2) is 22.8 Å². The molecule has 1 saturated carbocycles. The van der Waals surface area contributed by atoms with Crippen LogP contribution in [0.3, 0.4) is 0 Å². The normalized spacial score (nSPS) is 18.2. The van der Waals surface area contributed by atoms with Crippen LogP contribution in [0.4, 0.5) is 0 Å². The number of ketones is 1. The highest BCUT2D eigenvalue weighted by molar-refractivity contribution is 5.92. The van der Waals surface area contributed by atoms with Crippen LogP contribution in [0.25, 0.3) is 11.5 Å².